The van der Waals surface area contributed by atoms with E-state index >= 15 is 0 Å². The molecule has 0 aliphatic heterocycles. The van der Waals surface area contributed by atoms with Crippen molar-refractivity contribution in [3.05, 3.63) is 36.8 Å². The van der Waals surface area contributed by atoms with Crippen LogP contribution in [0.15, 0.2) is 36.8 Å². The molecule has 0 saturated heterocycles. The fourth-order valence-electron chi connectivity index (χ4n) is 1.45. The molecule has 3 nitrogen and oxygen atoms in total. The van der Waals surface area contributed by atoms with Gasteiger partial charge in [-0.2, -0.15) is 0 Å². The first-order valence-corrected chi connectivity index (χ1v) is 5.00. The molecule has 0 fully saturated rings. The maximum absolute atomic E-state index is 9.66. The van der Waals surface area contributed by atoms with Gasteiger partial charge in [0.2, 0.25) is 0 Å². The highest BCUT2D eigenvalue weighted by Gasteiger charge is 2.07. The van der Waals surface area contributed by atoms with Crippen LogP contribution in [0.3, 0.4) is 0 Å². The van der Waals surface area contributed by atoms with E-state index in [1.807, 2.05) is 22.9 Å². The topological polar surface area (TPSA) is 38.0 Å². The average Bonchev–Trinajstić information content (AvgIpc) is 2.67. The van der Waals surface area contributed by atoms with E-state index in [9.17, 15) is 5.11 Å². The molecule has 1 aromatic carbocycles. The van der Waals surface area contributed by atoms with Crippen LogP contribution < -0.4 is 0 Å². The van der Waals surface area contributed by atoms with Crippen LogP contribution in [0.25, 0.3) is 11.3 Å². The fourth-order valence-corrected chi connectivity index (χ4v) is 1.45. The minimum atomic E-state index is 0.270. The molecule has 1 heterocycles. The highest BCUT2D eigenvalue weighted by molar-refractivity contribution is 5.65. The van der Waals surface area contributed by atoms with E-state index in [1.165, 1.54) is 0 Å². The van der Waals surface area contributed by atoms with Crippen molar-refractivity contribution in [1.29, 1.82) is 0 Å². The molecule has 2 rings (SSSR count). The van der Waals surface area contributed by atoms with Gasteiger partial charge in [-0.25, -0.2) is 4.98 Å². The van der Waals surface area contributed by atoms with Crippen molar-refractivity contribution >= 4 is 0 Å². The molecule has 0 unspecified atom stereocenters. The second-order valence-corrected chi connectivity index (χ2v) is 3.82. The minimum Gasteiger partial charge on any atom is -0.507 e. The zero-order valence-corrected chi connectivity index (χ0v) is 8.88. The third kappa shape index (κ3) is 1.86. The molecule has 0 amide bonds. The Morgan fingerprint density at radius 3 is 2.60 bits per heavy atom. The van der Waals surface area contributed by atoms with Gasteiger partial charge in [0.25, 0.3) is 0 Å². The minimum absolute atomic E-state index is 0.270. The first kappa shape index (κ1) is 9.77. The van der Waals surface area contributed by atoms with E-state index < -0.39 is 0 Å². The molecule has 78 valence electrons. The van der Waals surface area contributed by atoms with Crippen LogP contribution in [0.2, 0.25) is 0 Å². The SMILES string of the molecule is CC(C)n1cnc(-c2ccccc2O)c1. The van der Waals surface area contributed by atoms with E-state index in [0.717, 1.165) is 11.3 Å². The van der Waals surface area contributed by atoms with E-state index in [4.69, 9.17) is 0 Å². The predicted molar refractivity (Wildman–Crippen MR) is 59.7 cm³/mol. The van der Waals surface area contributed by atoms with E-state index in [-0.39, 0.29) is 5.75 Å². The predicted octanol–water partition coefficient (Wildman–Crippen LogP) is 2.84. The summed E-state index contributed by atoms with van der Waals surface area (Å²) in [5.41, 5.74) is 1.58. The van der Waals surface area contributed by atoms with Gasteiger partial charge in [-0.05, 0) is 26.0 Å². The van der Waals surface area contributed by atoms with Gasteiger partial charge < -0.3 is 9.67 Å². The smallest absolute Gasteiger partial charge is 0.125 e. The van der Waals surface area contributed by atoms with Gasteiger partial charge in [-0.1, -0.05) is 12.1 Å². The maximum Gasteiger partial charge on any atom is 0.125 e. The summed E-state index contributed by atoms with van der Waals surface area (Å²) >= 11 is 0. The normalized spacial score (nSPS) is 10.9. The Balaban J connectivity index is 2.42. The Morgan fingerprint density at radius 2 is 2.00 bits per heavy atom. The van der Waals surface area contributed by atoms with Crippen LogP contribution >= 0.6 is 0 Å². The molecule has 2 aromatic rings. The second-order valence-electron chi connectivity index (χ2n) is 3.82. The largest absolute Gasteiger partial charge is 0.507 e. The quantitative estimate of drug-likeness (QED) is 0.813. The van der Waals surface area contributed by atoms with Crippen molar-refractivity contribution in [1.82, 2.24) is 9.55 Å². The number of phenolic OH excluding ortho intramolecular Hbond substituents is 1. The lowest BCUT2D eigenvalue weighted by Gasteiger charge is -2.04. The Bertz CT molecular complexity index is 460. The zero-order chi connectivity index (χ0) is 10.8. The maximum atomic E-state index is 9.66. The fraction of sp³-hybridized carbons (Fsp3) is 0.250. The Hall–Kier alpha value is -1.77. The molecule has 1 N–H and O–H groups in total. The average molecular weight is 202 g/mol. The summed E-state index contributed by atoms with van der Waals surface area (Å²) in [6.07, 6.45) is 3.73. The van der Waals surface area contributed by atoms with Crippen LogP contribution in [0, 0.1) is 0 Å². The lowest BCUT2D eigenvalue weighted by Crippen LogP contribution is -1.95. The van der Waals surface area contributed by atoms with Gasteiger partial charge in [-0.15, -0.1) is 0 Å². The Morgan fingerprint density at radius 1 is 1.27 bits per heavy atom. The number of imidazole rings is 1. The number of benzene rings is 1. The van der Waals surface area contributed by atoms with Crippen LogP contribution in [0.5, 0.6) is 5.75 Å². The van der Waals surface area contributed by atoms with E-state index in [1.54, 1.807) is 18.5 Å². The first-order valence-electron chi connectivity index (χ1n) is 5.00. The van der Waals surface area contributed by atoms with Gasteiger partial charge in [0, 0.05) is 17.8 Å². The summed E-state index contributed by atoms with van der Waals surface area (Å²) in [7, 11) is 0. The number of phenols is 1. The van der Waals surface area contributed by atoms with Crippen molar-refractivity contribution in [2.45, 2.75) is 19.9 Å². The molecule has 0 aliphatic rings. The highest BCUT2D eigenvalue weighted by atomic mass is 16.3. The molecular weight excluding hydrogens is 188 g/mol. The third-order valence-corrected chi connectivity index (χ3v) is 2.38. The van der Waals surface area contributed by atoms with Crippen molar-refractivity contribution < 1.29 is 5.11 Å². The molecule has 0 bridgehead atoms. The van der Waals surface area contributed by atoms with Gasteiger partial charge in [-0.3, -0.25) is 0 Å². The highest BCUT2D eigenvalue weighted by Crippen LogP contribution is 2.27. The van der Waals surface area contributed by atoms with Gasteiger partial charge in [0.15, 0.2) is 0 Å². The molecule has 0 aliphatic carbocycles. The Labute approximate surface area is 89.0 Å². The van der Waals surface area contributed by atoms with Crippen LogP contribution in [-0.2, 0) is 0 Å². The third-order valence-electron chi connectivity index (χ3n) is 2.38. The number of hydrogen-bond acceptors (Lipinski definition) is 2. The lowest BCUT2D eigenvalue weighted by atomic mass is 10.1. The van der Waals surface area contributed by atoms with E-state index in [0.29, 0.717) is 6.04 Å². The van der Waals surface area contributed by atoms with Crippen LogP contribution in [0.1, 0.15) is 19.9 Å². The van der Waals surface area contributed by atoms with E-state index in [2.05, 4.69) is 18.8 Å². The summed E-state index contributed by atoms with van der Waals surface area (Å²) in [6.45, 7) is 4.19. The molecular formula is C12H14N2O. The molecule has 0 spiro atoms. The van der Waals surface area contributed by atoms with Gasteiger partial charge in [0.05, 0.1) is 12.0 Å². The summed E-state index contributed by atoms with van der Waals surface area (Å²) in [5.74, 6) is 0.270. The van der Waals surface area contributed by atoms with Crippen LogP contribution in [-0.4, -0.2) is 14.7 Å². The number of rotatable bonds is 2. The standard InChI is InChI=1S/C12H14N2O/c1-9(2)14-7-11(13-8-14)10-5-3-4-6-12(10)15/h3-9,15H,1-2H3. The van der Waals surface area contributed by atoms with Gasteiger partial charge >= 0.3 is 0 Å². The van der Waals surface area contributed by atoms with Crippen molar-refractivity contribution in [2.24, 2.45) is 0 Å². The zero-order valence-electron chi connectivity index (χ0n) is 8.88. The number of para-hydroxylation sites is 1. The summed E-state index contributed by atoms with van der Waals surface area (Å²) in [5, 5.41) is 9.66. The molecule has 0 saturated carbocycles. The lowest BCUT2D eigenvalue weighted by molar-refractivity contribution is 0.477. The molecule has 1 aromatic heterocycles. The summed E-state index contributed by atoms with van der Waals surface area (Å²) in [6, 6.07) is 7.62. The monoisotopic (exact) mass is 202 g/mol. The Kier molecular flexibility index (Phi) is 2.46. The number of nitrogens with zero attached hydrogens (tertiary/aromatic N) is 2. The molecule has 15 heavy (non-hydrogen) atoms. The summed E-state index contributed by atoms with van der Waals surface area (Å²) < 4.78 is 2.02. The van der Waals surface area contributed by atoms with Crippen molar-refractivity contribution in [2.75, 3.05) is 0 Å². The van der Waals surface area contributed by atoms with Crippen molar-refractivity contribution in [3.8, 4) is 17.0 Å². The molecule has 3 heteroatoms. The first-order chi connectivity index (χ1) is 7.18. The number of hydrogen-bond donors (Lipinski definition) is 1. The number of aromatic hydroxyl groups is 1. The van der Waals surface area contributed by atoms with Crippen LogP contribution in [0.4, 0.5) is 0 Å². The van der Waals surface area contributed by atoms with Gasteiger partial charge in [0.1, 0.15) is 5.75 Å². The molecule has 0 radical (unpaired) electrons. The van der Waals surface area contributed by atoms with Crippen molar-refractivity contribution in [3.63, 3.8) is 0 Å². The second kappa shape index (κ2) is 3.77. The molecule has 0 atom stereocenters. The summed E-state index contributed by atoms with van der Waals surface area (Å²) in [4.78, 5) is 4.27. The number of aromatic nitrogens is 2.